The van der Waals surface area contributed by atoms with Gasteiger partial charge >= 0.3 is 0 Å². The largest absolute Gasteiger partial charge is 0.495 e. The molecule has 0 fully saturated rings. The smallest absolute Gasteiger partial charge is 0.135 e. The predicted molar refractivity (Wildman–Crippen MR) is 63.9 cm³/mol. The van der Waals surface area contributed by atoms with Crippen molar-refractivity contribution in [3.8, 4) is 5.75 Å². The van der Waals surface area contributed by atoms with Crippen molar-refractivity contribution in [2.24, 2.45) is 0 Å². The zero-order valence-electron chi connectivity index (χ0n) is 8.34. The molecule has 0 bridgehead atoms. The van der Waals surface area contributed by atoms with Gasteiger partial charge in [0.15, 0.2) is 0 Å². The Labute approximate surface area is 96.8 Å². The highest BCUT2D eigenvalue weighted by molar-refractivity contribution is 7.10. The van der Waals surface area contributed by atoms with E-state index in [1.807, 2.05) is 29.0 Å². The van der Waals surface area contributed by atoms with Crippen LogP contribution in [0.1, 0.15) is 15.9 Å². The quantitative estimate of drug-likeness (QED) is 0.890. The van der Waals surface area contributed by atoms with E-state index in [1.165, 1.54) is 16.2 Å². The van der Waals surface area contributed by atoms with Crippen molar-refractivity contribution in [2.75, 3.05) is 7.11 Å². The molecule has 2 nitrogen and oxygen atoms in total. The van der Waals surface area contributed by atoms with E-state index >= 15 is 0 Å². The fourth-order valence-electron chi connectivity index (χ4n) is 1.43. The SMILES string of the molecule is COc1ccsc1C(O)Cc1cccs1. The van der Waals surface area contributed by atoms with Crippen molar-refractivity contribution >= 4 is 22.7 Å². The van der Waals surface area contributed by atoms with Gasteiger partial charge in [0.25, 0.3) is 0 Å². The molecule has 2 aromatic heterocycles. The maximum absolute atomic E-state index is 10.0. The number of aliphatic hydroxyl groups excluding tert-OH is 1. The topological polar surface area (TPSA) is 29.5 Å². The summed E-state index contributed by atoms with van der Waals surface area (Å²) in [5.74, 6) is 0.782. The minimum atomic E-state index is -0.460. The molecule has 0 saturated heterocycles. The highest BCUT2D eigenvalue weighted by Gasteiger charge is 2.15. The van der Waals surface area contributed by atoms with Crippen LogP contribution in [0.25, 0.3) is 0 Å². The molecule has 2 heterocycles. The van der Waals surface area contributed by atoms with E-state index in [0.717, 1.165) is 10.6 Å². The van der Waals surface area contributed by atoms with Gasteiger partial charge in [-0.1, -0.05) is 6.07 Å². The zero-order valence-corrected chi connectivity index (χ0v) is 9.98. The van der Waals surface area contributed by atoms with Crippen LogP contribution in [0.5, 0.6) is 5.75 Å². The number of thiophene rings is 2. The lowest BCUT2D eigenvalue weighted by Gasteiger charge is -2.09. The van der Waals surface area contributed by atoms with E-state index in [4.69, 9.17) is 4.74 Å². The summed E-state index contributed by atoms with van der Waals surface area (Å²) in [6, 6.07) is 5.92. The van der Waals surface area contributed by atoms with Gasteiger partial charge < -0.3 is 9.84 Å². The first-order valence-corrected chi connectivity index (χ1v) is 6.39. The van der Waals surface area contributed by atoms with Crippen molar-refractivity contribution in [2.45, 2.75) is 12.5 Å². The molecule has 0 radical (unpaired) electrons. The number of hydrogen-bond acceptors (Lipinski definition) is 4. The van der Waals surface area contributed by atoms with Crippen molar-refractivity contribution in [1.29, 1.82) is 0 Å². The summed E-state index contributed by atoms with van der Waals surface area (Å²) in [4.78, 5) is 2.10. The summed E-state index contributed by atoms with van der Waals surface area (Å²) in [6.07, 6.45) is 0.202. The Morgan fingerprint density at radius 3 is 2.87 bits per heavy atom. The van der Waals surface area contributed by atoms with Gasteiger partial charge in [-0.15, -0.1) is 22.7 Å². The van der Waals surface area contributed by atoms with E-state index in [9.17, 15) is 5.11 Å². The van der Waals surface area contributed by atoms with Gasteiger partial charge in [0.1, 0.15) is 5.75 Å². The molecule has 15 heavy (non-hydrogen) atoms. The molecular formula is C11H12O2S2. The lowest BCUT2D eigenvalue weighted by atomic mass is 10.2. The van der Waals surface area contributed by atoms with Gasteiger partial charge in [0.2, 0.25) is 0 Å². The molecule has 0 spiro atoms. The summed E-state index contributed by atoms with van der Waals surface area (Å²) < 4.78 is 5.18. The molecule has 0 aliphatic heterocycles. The molecule has 4 heteroatoms. The van der Waals surface area contributed by atoms with Gasteiger partial charge in [0.05, 0.1) is 18.1 Å². The summed E-state index contributed by atoms with van der Waals surface area (Å²) >= 11 is 3.20. The molecule has 2 aromatic rings. The van der Waals surface area contributed by atoms with Gasteiger partial charge in [-0.25, -0.2) is 0 Å². The maximum atomic E-state index is 10.0. The molecule has 2 rings (SSSR count). The molecule has 1 unspecified atom stereocenters. The van der Waals surface area contributed by atoms with E-state index in [-0.39, 0.29) is 0 Å². The fourth-order valence-corrected chi connectivity index (χ4v) is 3.02. The predicted octanol–water partition coefficient (Wildman–Crippen LogP) is 3.09. The van der Waals surface area contributed by atoms with E-state index in [1.54, 1.807) is 18.4 Å². The average Bonchev–Trinajstić information content (AvgIpc) is 2.86. The number of aliphatic hydroxyl groups is 1. The van der Waals surface area contributed by atoms with Gasteiger partial charge in [-0.3, -0.25) is 0 Å². The van der Waals surface area contributed by atoms with E-state index in [0.29, 0.717) is 6.42 Å². The van der Waals surface area contributed by atoms with Crippen LogP contribution >= 0.6 is 22.7 Å². The van der Waals surface area contributed by atoms with Crippen LogP contribution in [0, 0.1) is 0 Å². The van der Waals surface area contributed by atoms with Crippen LogP contribution in [-0.4, -0.2) is 12.2 Å². The minimum absolute atomic E-state index is 0.460. The summed E-state index contributed by atoms with van der Waals surface area (Å²) in [7, 11) is 1.63. The Kier molecular flexibility index (Phi) is 3.41. The lowest BCUT2D eigenvalue weighted by Crippen LogP contribution is -1.99. The van der Waals surface area contributed by atoms with Crippen LogP contribution in [0.15, 0.2) is 29.0 Å². The summed E-state index contributed by atoms with van der Waals surface area (Å²) in [6.45, 7) is 0. The van der Waals surface area contributed by atoms with Crippen LogP contribution in [0.3, 0.4) is 0 Å². The fraction of sp³-hybridized carbons (Fsp3) is 0.273. The van der Waals surface area contributed by atoms with Gasteiger partial charge in [-0.2, -0.15) is 0 Å². The first kappa shape index (κ1) is 10.7. The maximum Gasteiger partial charge on any atom is 0.135 e. The number of rotatable bonds is 4. The van der Waals surface area contributed by atoms with Crippen LogP contribution in [0.4, 0.5) is 0 Å². The van der Waals surface area contributed by atoms with Crippen LogP contribution in [0.2, 0.25) is 0 Å². The third-order valence-electron chi connectivity index (χ3n) is 2.15. The first-order chi connectivity index (χ1) is 7.31. The second-order valence-corrected chi connectivity index (χ2v) is 5.13. The molecule has 1 atom stereocenters. The van der Waals surface area contributed by atoms with Gasteiger partial charge in [-0.05, 0) is 22.9 Å². The van der Waals surface area contributed by atoms with Crippen molar-refractivity contribution < 1.29 is 9.84 Å². The number of hydrogen-bond donors (Lipinski definition) is 1. The monoisotopic (exact) mass is 240 g/mol. The molecule has 0 aliphatic rings. The minimum Gasteiger partial charge on any atom is -0.495 e. The second-order valence-electron chi connectivity index (χ2n) is 3.15. The zero-order chi connectivity index (χ0) is 10.7. The second kappa shape index (κ2) is 4.79. The molecular weight excluding hydrogens is 228 g/mol. The Hall–Kier alpha value is -0.840. The third kappa shape index (κ3) is 2.40. The van der Waals surface area contributed by atoms with Crippen molar-refractivity contribution in [1.82, 2.24) is 0 Å². The number of methoxy groups -OCH3 is 1. The summed E-state index contributed by atoms with van der Waals surface area (Å²) in [5.41, 5.74) is 0. The molecule has 1 N–H and O–H groups in total. The van der Waals surface area contributed by atoms with E-state index in [2.05, 4.69) is 0 Å². The van der Waals surface area contributed by atoms with Crippen molar-refractivity contribution in [3.63, 3.8) is 0 Å². The van der Waals surface area contributed by atoms with E-state index < -0.39 is 6.10 Å². The Bertz CT molecular complexity index is 406. The van der Waals surface area contributed by atoms with Crippen LogP contribution in [-0.2, 0) is 6.42 Å². The Morgan fingerprint density at radius 1 is 1.33 bits per heavy atom. The third-order valence-corrected chi connectivity index (χ3v) is 4.05. The normalized spacial score (nSPS) is 12.7. The van der Waals surface area contributed by atoms with Crippen LogP contribution < -0.4 is 4.74 Å². The average molecular weight is 240 g/mol. The molecule has 0 aromatic carbocycles. The molecule has 0 amide bonds. The Morgan fingerprint density at radius 2 is 2.20 bits per heavy atom. The highest BCUT2D eigenvalue weighted by Crippen LogP contribution is 2.33. The molecule has 0 aliphatic carbocycles. The highest BCUT2D eigenvalue weighted by atomic mass is 32.1. The van der Waals surface area contributed by atoms with Gasteiger partial charge in [0, 0.05) is 11.3 Å². The summed E-state index contributed by atoms with van der Waals surface area (Å²) in [5, 5.41) is 14.0. The standard InChI is InChI=1S/C11H12O2S2/c1-13-10-4-6-15-11(10)9(12)7-8-3-2-5-14-8/h2-6,9,12H,7H2,1H3. The first-order valence-electron chi connectivity index (χ1n) is 4.63. The molecule has 80 valence electrons. The molecule has 0 saturated carbocycles. The Balaban J connectivity index is 2.11. The number of ether oxygens (including phenoxy) is 1. The lowest BCUT2D eigenvalue weighted by molar-refractivity contribution is 0.179. The van der Waals surface area contributed by atoms with Crippen molar-refractivity contribution in [3.05, 3.63) is 38.7 Å².